The number of fused-ring (bicyclic) bond motifs is 1. The molecule has 0 radical (unpaired) electrons. The fourth-order valence-electron chi connectivity index (χ4n) is 6.30. The van der Waals surface area contributed by atoms with Gasteiger partial charge in [-0.1, -0.05) is 25.5 Å². The molecule has 3 aliphatic rings. The van der Waals surface area contributed by atoms with Gasteiger partial charge in [0.25, 0.3) is 0 Å². The fraction of sp³-hybridized carbons (Fsp3) is 0.690. The Balaban J connectivity index is 1.54. The molecule has 3 heterocycles. The molecule has 9 nitrogen and oxygen atoms in total. The number of ether oxygens (including phenoxy) is 1. The Morgan fingerprint density at radius 3 is 2.68 bits per heavy atom. The van der Waals surface area contributed by atoms with Gasteiger partial charge in [0.1, 0.15) is 5.75 Å². The molecule has 2 N–H and O–H groups in total. The molecule has 1 aromatic carbocycles. The number of aliphatic carboxylic acids is 1. The molecule has 3 atom stereocenters. The molecule has 3 aliphatic heterocycles. The second kappa shape index (κ2) is 13.4. The second-order valence-corrected chi connectivity index (χ2v) is 10.9. The molecule has 0 saturated carbocycles. The van der Waals surface area contributed by atoms with Gasteiger partial charge in [0.15, 0.2) is 0 Å². The van der Waals surface area contributed by atoms with Crippen molar-refractivity contribution in [2.75, 3.05) is 52.5 Å². The smallest absolute Gasteiger partial charge is 0.308 e. The Bertz CT molecular complexity index is 977. The number of carboxylic acid groups (broad SMARTS) is 1. The van der Waals surface area contributed by atoms with Gasteiger partial charge in [-0.3, -0.25) is 19.3 Å². The summed E-state index contributed by atoms with van der Waals surface area (Å²) < 4.78 is 5.66. The van der Waals surface area contributed by atoms with Crippen LogP contribution >= 0.6 is 0 Å². The van der Waals surface area contributed by atoms with E-state index in [1.807, 2.05) is 21.9 Å². The van der Waals surface area contributed by atoms with Crippen LogP contribution in [0.1, 0.15) is 68.9 Å². The maximum absolute atomic E-state index is 13.4. The molecule has 0 aromatic heterocycles. The van der Waals surface area contributed by atoms with E-state index in [2.05, 4.69) is 17.9 Å². The molecule has 1 aromatic rings. The maximum Gasteiger partial charge on any atom is 0.308 e. The number of nitrogens with zero attached hydrogens (tertiary/aromatic N) is 3. The maximum atomic E-state index is 13.4. The number of carbonyl (C=O) groups is 3. The first-order valence-corrected chi connectivity index (χ1v) is 14.3. The average Bonchev–Trinajstić information content (AvgIpc) is 3.62. The first kappa shape index (κ1) is 28.4. The van der Waals surface area contributed by atoms with E-state index in [1.54, 1.807) is 0 Å². The molecular weight excluding hydrogens is 486 g/mol. The lowest BCUT2D eigenvalue weighted by Crippen LogP contribution is -2.45. The fourth-order valence-corrected chi connectivity index (χ4v) is 6.30. The van der Waals surface area contributed by atoms with Crippen molar-refractivity contribution in [3.05, 3.63) is 29.3 Å². The van der Waals surface area contributed by atoms with Crippen molar-refractivity contribution in [1.82, 2.24) is 14.7 Å². The predicted molar refractivity (Wildman–Crippen MR) is 143 cm³/mol. The molecule has 0 unspecified atom stereocenters. The van der Waals surface area contributed by atoms with E-state index in [-0.39, 0.29) is 36.9 Å². The van der Waals surface area contributed by atoms with Gasteiger partial charge < -0.3 is 24.7 Å². The first-order valence-electron chi connectivity index (χ1n) is 14.3. The molecule has 2 amide bonds. The lowest BCUT2D eigenvalue weighted by Gasteiger charge is -2.30. The lowest BCUT2D eigenvalue weighted by atomic mass is 9.83. The van der Waals surface area contributed by atoms with Crippen molar-refractivity contribution >= 4 is 17.8 Å². The molecule has 0 aliphatic carbocycles. The summed E-state index contributed by atoms with van der Waals surface area (Å²) in [5.41, 5.74) is 2.10. The SMILES string of the molecule is CCCCN(CCCO)C(=O)CN1C[C@H](c2ccc3c(c2)CCO3)[C@@H](C(=O)O)[C@@H]1CCCN1CCCC1=O. The Morgan fingerprint density at radius 2 is 1.97 bits per heavy atom. The summed E-state index contributed by atoms with van der Waals surface area (Å²) in [6.07, 6.45) is 6.00. The Hall–Kier alpha value is -2.65. The molecule has 2 fully saturated rings. The van der Waals surface area contributed by atoms with Crippen LogP contribution in [0.4, 0.5) is 0 Å². The highest BCUT2D eigenvalue weighted by Gasteiger charge is 2.47. The average molecular weight is 530 g/mol. The Kier molecular flexibility index (Phi) is 10.0. The molecule has 9 heteroatoms. The van der Waals surface area contributed by atoms with Gasteiger partial charge in [0, 0.05) is 64.1 Å². The standard InChI is InChI=1S/C29H43N3O6/c1-2-3-12-31(15-6-16-33)27(35)20-32-19-23(21-9-10-25-22(18-21)11-17-38-25)28(29(36)37)24(32)7-4-13-30-14-5-8-26(30)34/h9-10,18,23-24,28,33H,2-8,11-17,19-20H2,1H3,(H,36,37)/t23-,24+,28-/m1/s1. The van der Waals surface area contributed by atoms with E-state index in [1.165, 1.54) is 0 Å². The van der Waals surface area contributed by atoms with Crippen LogP contribution < -0.4 is 4.74 Å². The van der Waals surface area contributed by atoms with Gasteiger partial charge >= 0.3 is 5.97 Å². The van der Waals surface area contributed by atoms with Crippen LogP contribution in [0, 0.1) is 5.92 Å². The monoisotopic (exact) mass is 529 g/mol. The third-order valence-electron chi connectivity index (χ3n) is 8.33. The van der Waals surface area contributed by atoms with Crippen molar-refractivity contribution in [3.8, 4) is 5.75 Å². The summed E-state index contributed by atoms with van der Waals surface area (Å²) >= 11 is 0. The number of aliphatic hydroxyl groups excluding tert-OH is 1. The molecule has 210 valence electrons. The van der Waals surface area contributed by atoms with Crippen LogP contribution in [-0.4, -0.2) is 101 Å². The van der Waals surface area contributed by atoms with Crippen molar-refractivity contribution < 1.29 is 29.3 Å². The number of hydrogen-bond acceptors (Lipinski definition) is 6. The zero-order valence-electron chi connectivity index (χ0n) is 22.6. The van der Waals surface area contributed by atoms with E-state index in [0.29, 0.717) is 58.5 Å². The summed E-state index contributed by atoms with van der Waals surface area (Å²) in [5.74, 6) is -0.684. The summed E-state index contributed by atoms with van der Waals surface area (Å²) in [6, 6.07) is 5.71. The van der Waals surface area contributed by atoms with E-state index >= 15 is 0 Å². The van der Waals surface area contributed by atoms with Crippen LogP contribution in [0.3, 0.4) is 0 Å². The molecule has 0 bridgehead atoms. The van der Waals surface area contributed by atoms with E-state index in [9.17, 15) is 24.6 Å². The molecule has 4 rings (SSSR count). The lowest BCUT2D eigenvalue weighted by molar-refractivity contribution is -0.144. The minimum absolute atomic E-state index is 0.0150. The number of carbonyl (C=O) groups excluding carboxylic acids is 2. The zero-order valence-corrected chi connectivity index (χ0v) is 22.6. The number of hydrogen-bond donors (Lipinski definition) is 2. The highest BCUT2D eigenvalue weighted by atomic mass is 16.5. The predicted octanol–water partition coefficient (Wildman–Crippen LogP) is 2.50. The minimum Gasteiger partial charge on any atom is -0.493 e. The number of aliphatic hydroxyl groups is 1. The van der Waals surface area contributed by atoms with Crippen molar-refractivity contribution in [1.29, 1.82) is 0 Å². The highest BCUT2D eigenvalue weighted by molar-refractivity contribution is 5.79. The van der Waals surface area contributed by atoms with Crippen LogP contribution in [-0.2, 0) is 20.8 Å². The van der Waals surface area contributed by atoms with Crippen molar-refractivity contribution in [3.63, 3.8) is 0 Å². The van der Waals surface area contributed by atoms with Gasteiger partial charge in [0.2, 0.25) is 11.8 Å². The number of carboxylic acids is 1. The quantitative estimate of drug-likeness (QED) is 0.381. The van der Waals surface area contributed by atoms with Crippen LogP contribution in [0.2, 0.25) is 0 Å². The van der Waals surface area contributed by atoms with E-state index in [0.717, 1.165) is 49.1 Å². The number of amides is 2. The van der Waals surface area contributed by atoms with Crippen LogP contribution in [0.5, 0.6) is 5.75 Å². The summed E-state index contributed by atoms with van der Waals surface area (Å²) in [7, 11) is 0. The van der Waals surface area contributed by atoms with Crippen molar-refractivity contribution in [2.24, 2.45) is 5.92 Å². The van der Waals surface area contributed by atoms with E-state index in [4.69, 9.17) is 4.74 Å². The van der Waals surface area contributed by atoms with Crippen molar-refractivity contribution in [2.45, 2.75) is 70.3 Å². The summed E-state index contributed by atoms with van der Waals surface area (Å²) in [5, 5.41) is 19.7. The second-order valence-electron chi connectivity index (χ2n) is 10.9. The molecular formula is C29H43N3O6. The first-order chi connectivity index (χ1) is 18.4. The van der Waals surface area contributed by atoms with Gasteiger partial charge in [-0.05, 0) is 49.3 Å². The van der Waals surface area contributed by atoms with Gasteiger partial charge in [-0.25, -0.2) is 0 Å². The Labute approximate surface area is 225 Å². The Morgan fingerprint density at radius 1 is 1.16 bits per heavy atom. The number of rotatable bonds is 14. The molecule has 0 spiro atoms. The third-order valence-corrected chi connectivity index (χ3v) is 8.33. The van der Waals surface area contributed by atoms with Gasteiger partial charge in [-0.2, -0.15) is 0 Å². The van der Waals surface area contributed by atoms with Crippen LogP contribution in [0.25, 0.3) is 0 Å². The summed E-state index contributed by atoms with van der Waals surface area (Å²) in [4.78, 5) is 44.0. The van der Waals surface area contributed by atoms with Crippen LogP contribution in [0.15, 0.2) is 18.2 Å². The zero-order chi connectivity index (χ0) is 27.1. The molecule has 2 saturated heterocycles. The minimum atomic E-state index is -0.841. The highest BCUT2D eigenvalue weighted by Crippen LogP contribution is 2.41. The third kappa shape index (κ3) is 6.67. The summed E-state index contributed by atoms with van der Waals surface area (Å²) in [6.45, 7) is 5.96. The van der Waals surface area contributed by atoms with Gasteiger partial charge in [0.05, 0.1) is 19.1 Å². The van der Waals surface area contributed by atoms with E-state index < -0.39 is 11.9 Å². The topological polar surface area (TPSA) is 111 Å². The van der Waals surface area contributed by atoms with Gasteiger partial charge in [-0.15, -0.1) is 0 Å². The number of benzene rings is 1. The largest absolute Gasteiger partial charge is 0.493 e. The number of likely N-dealkylation sites (tertiary alicyclic amines) is 2. The molecule has 38 heavy (non-hydrogen) atoms. The normalized spacial score (nSPS) is 23.1. The number of unbranched alkanes of at least 4 members (excludes halogenated alkanes) is 1.